The second-order valence-corrected chi connectivity index (χ2v) is 3.86. The predicted molar refractivity (Wildman–Crippen MR) is 54.9 cm³/mol. The molecule has 0 aromatic heterocycles. The molecule has 0 bridgehead atoms. The maximum Gasteiger partial charge on any atom is 0.224 e. The van der Waals surface area contributed by atoms with Gasteiger partial charge in [-0.25, -0.2) is 0 Å². The van der Waals surface area contributed by atoms with Crippen molar-refractivity contribution in [2.45, 2.75) is 31.7 Å². The van der Waals surface area contributed by atoms with Gasteiger partial charge in [-0.2, -0.15) is 0 Å². The first-order valence-corrected chi connectivity index (χ1v) is 5.26. The van der Waals surface area contributed by atoms with Crippen molar-refractivity contribution in [3.8, 4) is 0 Å². The summed E-state index contributed by atoms with van der Waals surface area (Å²) in [6, 6.07) is 0.0569. The van der Waals surface area contributed by atoms with E-state index in [0.29, 0.717) is 6.42 Å². The van der Waals surface area contributed by atoms with Crippen LogP contribution in [-0.4, -0.2) is 43.7 Å². The quantitative estimate of drug-likeness (QED) is 0.630. The van der Waals surface area contributed by atoms with E-state index >= 15 is 0 Å². The van der Waals surface area contributed by atoms with Crippen LogP contribution in [0.25, 0.3) is 0 Å². The van der Waals surface area contributed by atoms with E-state index in [1.165, 1.54) is 0 Å². The Morgan fingerprint density at radius 3 is 2.86 bits per heavy atom. The largest absolute Gasteiger partial charge is 0.385 e. The van der Waals surface area contributed by atoms with Gasteiger partial charge in [0.05, 0.1) is 0 Å². The first kappa shape index (κ1) is 11.5. The average Bonchev–Trinajstić information content (AvgIpc) is 2.45. The van der Waals surface area contributed by atoms with Gasteiger partial charge in [-0.05, 0) is 19.3 Å². The van der Waals surface area contributed by atoms with Crippen molar-refractivity contribution < 1.29 is 9.53 Å². The van der Waals surface area contributed by atoms with Crippen LogP contribution in [0.4, 0.5) is 0 Å². The number of carbonyl (C=O) groups excluding carboxylic acids is 1. The standard InChI is InChI=1S/C10H20N2O2/c1-14-6-4-2-3-5-12-8-9(11)7-10(12)13/h9H,2-8,11H2,1H3. The van der Waals surface area contributed by atoms with Crippen LogP contribution in [0, 0.1) is 0 Å². The van der Waals surface area contributed by atoms with Gasteiger partial charge in [-0.15, -0.1) is 0 Å². The monoisotopic (exact) mass is 200 g/mol. The highest BCUT2D eigenvalue weighted by molar-refractivity contribution is 5.79. The summed E-state index contributed by atoms with van der Waals surface area (Å²) >= 11 is 0. The van der Waals surface area contributed by atoms with E-state index < -0.39 is 0 Å². The Morgan fingerprint density at radius 1 is 1.50 bits per heavy atom. The third kappa shape index (κ3) is 3.64. The summed E-state index contributed by atoms with van der Waals surface area (Å²) in [5.41, 5.74) is 5.68. The Bertz CT molecular complexity index is 185. The number of ether oxygens (including phenoxy) is 1. The van der Waals surface area contributed by atoms with E-state index in [-0.39, 0.29) is 11.9 Å². The molecule has 14 heavy (non-hydrogen) atoms. The zero-order valence-corrected chi connectivity index (χ0v) is 8.87. The molecular weight excluding hydrogens is 180 g/mol. The molecule has 1 fully saturated rings. The molecule has 4 nitrogen and oxygen atoms in total. The molecule has 0 spiro atoms. The number of unbranched alkanes of at least 4 members (excludes halogenated alkanes) is 2. The van der Waals surface area contributed by atoms with Crippen LogP contribution in [0.2, 0.25) is 0 Å². The van der Waals surface area contributed by atoms with Crippen molar-refractivity contribution in [3.63, 3.8) is 0 Å². The number of nitrogens with two attached hydrogens (primary N) is 1. The van der Waals surface area contributed by atoms with Crippen molar-refractivity contribution in [1.29, 1.82) is 0 Å². The Labute approximate surface area is 85.4 Å². The second-order valence-electron chi connectivity index (χ2n) is 3.86. The van der Waals surface area contributed by atoms with Crippen LogP contribution in [0.1, 0.15) is 25.7 Å². The van der Waals surface area contributed by atoms with Gasteiger partial charge in [0.25, 0.3) is 0 Å². The summed E-state index contributed by atoms with van der Waals surface area (Å²) in [6.07, 6.45) is 3.78. The van der Waals surface area contributed by atoms with Gasteiger partial charge in [-0.3, -0.25) is 4.79 Å². The summed E-state index contributed by atoms with van der Waals surface area (Å²) in [4.78, 5) is 13.2. The fourth-order valence-electron chi connectivity index (χ4n) is 1.74. The lowest BCUT2D eigenvalue weighted by molar-refractivity contribution is -0.127. The van der Waals surface area contributed by atoms with Crippen LogP contribution >= 0.6 is 0 Å². The van der Waals surface area contributed by atoms with E-state index in [1.54, 1.807) is 7.11 Å². The molecule has 2 N–H and O–H groups in total. The zero-order valence-electron chi connectivity index (χ0n) is 8.87. The van der Waals surface area contributed by atoms with Gasteiger partial charge in [0.15, 0.2) is 0 Å². The number of hydrogen-bond donors (Lipinski definition) is 1. The normalized spacial score (nSPS) is 22.0. The molecule has 1 rings (SSSR count). The van der Waals surface area contributed by atoms with Crippen molar-refractivity contribution in [3.05, 3.63) is 0 Å². The number of amides is 1. The molecule has 82 valence electrons. The highest BCUT2D eigenvalue weighted by atomic mass is 16.5. The smallest absolute Gasteiger partial charge is 0.224 e. The van der Waals surface area contributed by atoms with Gasteiger partial charge in [-0.1, -0.05) is 0 Å². The molecular formula is C10H20N2O2. The molecule has 1 aliphatic rings. The van der Waals surface area contributed by atoms with Crippen LogP contribution in [-0.2, 0) is 9.53 Å². The SMILES string of the molecule is COCCCCCN1CC(N)CC1=O. The lowest BCUT2D eigenvalue weighted by Gasteiger charge is -2.15. The number of nitrogens with zero attached hydrogens (tertiary/aromatic N) is 1. The van der Waals surface area contributed by atoms with Gasteiger partial charge < -0.3 is 15.4 Å². The number of methoxy groups -OCH3 is 1. The van der Waals surface area contributed by atoms with E-state index in [9.17, 15) is 4.79 Å². The summed E-state index contributed by atoms with van der Waals surface area (Å²) in [6.45, 7) is 2.41. The molecule has 1 atom stereocenters. The highest BCUT2D eigenvalue weighted by Crippen LogP contribution is 2.10. The fourth-order valence-corrected chi connectivity index (χ4v) is 1.74. The fraction of sp³-hybridized carbons (Fsp3) is 0.900. The van der Waals surface area contributed by atoms with Crippen molar-refractivity contribution >= 4 is 5.91 Å². The molecule has 1 unspecified atom stereocenters. The topological polar surface area (TPSA) is 55.6 Å². The minimum absolute atomic E-state index is 0.0569. The van der Waals surface area contributed by atoms with Crippen LogP contribution < -0.4 is 5.73 Å². The summed E-state index contributed by atoms with van der Waals surface area (Å²) in [5.74, 6) is 0.212. The average molecular weight is 200 g/mol. The molecule has 0 saturated carbocycles. The number of rotatable bonds is 6. The van der Waals surface area contributed by atoms with Crippen LogP contribution in [0.5, 0.6) is 0 Å². The lowest BCUT2D eigenvalue weighted by Crippen LogP contribution is -2.29. The molecule has 4 heteroatoms. The molecule has 0 aliphatic carbocycles. The lowest BCUT2D eigenvalue weighted by atomic mass is 10.2. The van der Waals surface area contributed by atoms with E-state index in [2.05, 4.69) is 0 Å². The van der Waals surface area contributed by atoms with Gasteiger partial charge in [0.1, 0.15) is 0 Å². The van der Waals surface area contributed by atoms with Crippen molar-refractivity contribution in [2.24, 2.45) is 5.73 Å². The Morgan fingerprint density at radius 2 is 2.29 bits per heavy atom. The summed E-state index contributed by atoms with van der Waals surface area (Å²) in [5, 5.41) is 0. The Hall–Kier alpha value is -0.610. The minimum Gasteiger partial charge on any atom is -0.385 e. The maximum atomic E-state index is 11.3. The summed E-state index contributed by atoms with van der Waals surface area (Å²) in [7, 11) is 1.71. The van der Waals surface area contributed by atoms with Crippen molar-refractivity contribution in [1.82, 2.24) is 4.90 Å². The molecule has 1 saturated heterocycles. The van der Waals surface area contributed by atoms with E-state index in [0.717, 1.165) is 39.0 Å². The number of likely N-dealkylation sites (tertiary alicyclic amines) is 1. The highest BCUT2D eigenvalue weighted by Gasteiger charge is 2.25. The van der Waals surface area contributed by atoms with E-state index in [1.807, 2.05) is 4.90 Å². The zero-order chi connectivity index (χ0) is 10.4. The minimum atomic E-state index is 0.0569. The Kier molecular flexibility index (Phi) is 4.90. The number of carbonyl (C=O) groups is 1. The van der Waals surface area contributed by atoms with E-state index in [4.69, 9.17) is 10.5 Å². The van der Waals surface area contributed by atoms with Crippen molar-refractivity contribution in [2.75, 3.05) is 26.8 Å². The third-order valence-electron chi connectivity index (χ3n) is 2.52. The molecule has 0 aromatic rings. The first-order chi connectivity index (χ1) is 6.74. The second kappa shape index (κ2) is 5.98. The number of hydrogen-bond acceptors (Lipinski definition) is 3. The summed E-state index contributed by atoms with van der Waals surface area (Å²) < 4.78 is 4.95. The van der Waals surface area contributed by atoms with Gasteiger partial charge in [0, 0.05) is 39.3 Å². The molecule has 0 aromatic carbocycles. The third-order valence-corrected chi connectivity index (χ3v) is 2.52. The first-order valence-electron chi connectivity index (χ1n) is 5.26. The molecule has 1 heterocycles. The van der Waals surface area contributed by atoms with Gasteiger partial charge in [0.2, 0.25) is 5.91 Å². The predicted octanol–water partition coefficient (Wildman–Crippen LogP) is 0.363. The van der Waals surface area contributed by atoms with Crippen LogP contribution in [0.15, 0.2) is 0 Å². The van der Waals surface area contributed by atoms with Gasteiger partial charge >= 0.3 is 0 Å². The molecule has 0 radical (unpaired) electrons. The van der Waals surface area contributed by atoms with Crippen LogP contribution in [0.3, 0.4) is 0 Å². The molecule has 1 amide bonds. The Balaban J connectivity index is 2.04. The maximum absolute atomic E-state index is 11.3. The molecule has 1 aliphatic heterocycles.